The topological polar surface area (TPSA) is 22.8 Å². The quantitative estimate of drug-likeness (QED) is 0.148. The maximum atomic E-state index is 5.11. The lowest BCUT2D eigenvalue weighted by Crippen LogP contribution is -2.37. The van der Waals surface area contributed by atoms with Crippen molar-refractivity contribution in [3.63, 3.8) is 0 Å². The molecule has 286 valence electrons. The minimum absolute atomic E-state index is 0.962. The molecular weight excluding hydrogens is 743 g/mol. The largest absolute Gasteiger partial charge is 0.309 e. The van der Waals surface area contributed by atoms with Crippen LogP contribution in [0, 0.1) is 0 Å². The van der Waals surface area contributed by atoms with Gasteiger partial charge in [0.15, 0.2) is 0 Å². The van der Waals surface area contributed by atoms with Gasteiger partial charge in [-0.3, -0.25) is 0 Å². The molecule has 0 bridgehead atoms. The maximum absolute atomic E-state index is 5.11. The van der Waals surface area contributed by atoms with E-state index in [0.29, 0.717) is 0 Å². The molecule has 11 rings (SSSR count). The van der Waals surface area contributed by atoms with Crippen LogP contribution in [0.15, 0.2) is 206 Å². The van der Waals surface area contributed by atoms with Gasteiger partial charge >= 0.3 is 0 Å². The van der Waals surface area contributed by atoms with E-state index in [4.69, 9.17) is 4.98 Å². The van der Waals surface area contributed by atoms with Crippen LogP contribution in [-0.4, -0.2) is 22.2 Å². The van der Waals surface area contributed by atoms with Crippen LogP contribution in [0.3, 0.4) is 0 Å². The Morgan fingerprint density at radius 1 is 0.317 bits per heavy atom. The Morgan fingerprint density at radius 2 is 0.717 bits per heavy atom. The zero-order valence-corrected chi connectivity index (χ0v) is 35.0. The van der Waals surface area contributed by atoms with Gasteiger partial charge in [-0.2, -0.15) is 0 Å². The Labute approximate surface area is 351 Å². The molecule has 0 amide bonds. The molecular formula is C56H43N3Si. The average molecular weight is 786 g/mol. The Hall–Kier alpha value is -7.27. The number of hydrogen-bond donors (Lipinski definition) is 0. The van der Waals surface area contributed by atoms with E-state index in [1.54, 1.807) is 0 Å². The second-order valence-electron chi connectivity index (χ2n) is 16.9. The van der Waals surface area contributed by atoms with E-state index in [9.17, 15) is 0 Å². The second kappa shape index (κ2) is 14.2. The number of pyridine rings is 1. The Kier molecular flexibility index (Phi) is 8.50. The summed E-state index contributed by atoms with van der Waals surface area (Å²) in [6.45, 7) is 7.22. The van der Waals surface area contributed by atoms with Crippen molar-refractivity contribution in [2.24, 2.45) is 0 Å². The monoisotopic (exact) mass is 785 g/mol. The van der Waals surface area contributed by atoms with Gasteiger partial charge in [0.25, 0.3) is 0 Å². The number of rotatable bonds is 7. The van der Waals surface area contributed by atoms with Gasteiger partial charge in [0.1, 0.15) is 0 Å². The molecule has 3 nitrogen and oxygen atoms in total. The van der Waals surface area contributed by atoms with Gasteiger partial charge in [0.05, 0.1) is 41.5 Å². The molecule has 0 aliphatic rings. The summed E-state index contributed by atoms with van der Waals surface area (Å²) in [5, 5.41) is 6.49. The van der Waals surface area contributed by atoms with Crippen LogP contribution < -0.4 is 5.19 Å². The third-order valence-corrected chi connectivity index (χ3v) is 14.2. The molecule has 0 unspecified atom stereocenters. The summed E-state index contributed by atoms with van der Waals surface area (Å²) in [4.78, 5) is 5.11. The Balaban J connectivity index is 1.03. The molecule has 0 spiro atoms. The zero-order chi connectivity index (χ0) is 40.4. The SMILES string of the molecule is C[Si](C)(C)c1ccc(-n2c3ccccc3c3ccc(-c4ccc5c6ccccc6n(-c6ccc(-c7cc(-c8ccccc8)nc(-c8ccccc8)c7)cc6)c5c4)cc32)cc1. The molecule has 0 saturated heterocycles. The predicted octanol–water partition coefficient (Wildman–Crippen LogP) is 14.5. The van der Waals surface area contributed by atoms with Crippen LogP contribution in [0.4, 0.5) is 0 Å². The summed E-state index contributed by atoms with van der Waals surface area (Å²) in [7, 11) is -1.43. The fourth-order valence-electron chi connectivity index (χ4n) is 8.98. The normalized spacial score (nSPS) is 11.9. The van der Waals surface area contributed by atoms with Crippen LogP contribution in [0.1, 0.15) is 0 Å². The second-order valence-corrected chi connectivity index (χ2v) is 21.9. The third-order valence-electron chi connectivity index (χ3n) is 12.1. The molecule has 8 aromatic carbocycles. The minimum atomic E-state index is -1.43. The van der Waals surface area contributed by atoms with Crippen LogP contribution in [0.5, 0.6) is 0 Å². The molecule has 3 heterocycles. The third kappa shape index (κ3) is 6.16. The van der Waals surface area contributed by atoms with Crippen LogP contribution in [-0.2, 0) is 0 Å². The van der Waals surface area contributed by atoms with Gasteiger partial charge in [0.2, 0.25) is 0 Å². The van der Waals surface area contributed by atoms with Crippen LogP contribution >= 0.6 is 0 Å². The predicted molar refractivity (Wildman–Crippen MR) is 258 cm³/mol. The van der Waals surface area contributed by atoms with Gasteiger partial charge in [-0.1, -0.05) is 170 Å². The van der Waals surface area contributed by atoms with Crippen molar-refractivity contribution in [3.8, 4) is 56.1 Å². The number of fused-ring (bicyclic) bond motifs is 6. The number of benzene rings is 8. The highest BCUT2D eigenvalue weighted by atomic mass is 28.3. The Morgan fingerprint density at radius 3 is 1.18 bits per heavy atom. The summed E-state index contributed by atoms with van der Waals surface area (Å²) in [6.07, 6.45) is 0. The number of para-hydroxylation sites is 2. The summed E-state index contributed by atoms with van der Waals surface area (Å²) in [6, 6.07) is 75.2. The fraction of sp³-hybridized carbons (Fsp3) is 0.0536. The lowest BCUT2D eigenvalue weighted by molar-refractivity contribution is 1.18. The first-order chi connectivity index (χ1) is 29.4. The maximum Gasteiger partial charge on any atom is 0.0775 e. The molecule has 0 radical (unpaired) electrons. The average Bonchev–Trinajstić information content (AvgIpc) is 3.81. The van der Waals surface area contributed by atoms with E-state index in [-0.39, 0.29) is 0 Å². The first kappa shape index (κ1) is 35.9. The highest BCUT2D eigenvalue weighted by Crippen LogP contribution is 2.39. The van der Waals surface area contributed by atoms with Gasteiger partial charge in [0, 0.05) is 44.0 Å². The van der Waals surface area contributed by atoms with E-state index in [2.05, 4.69) is 235 Å². The minimum Gasteiger partial charge on any atom is -0.309 e. The van der Waals surface area contributed by atoms with Crippen LogP contribution in [0.2, 0.25) is 19.6 Å². The molecule has 3 aromatic heterocycles. The summed E-state index contributed by atoms with van der Waals surface area (Å²) < 4.78 is 4.86. The zero-order valence-electron chi connectivity index (χ0n) is 34.0. The van der Waals surface area contributed by atoms with Gasteiger partial charge in [-0.25, -0.2) is 4.98 Å². The lowest BCUT2D eigenvalue weighted by atomic mass is 9.99. The molecule has 0 aliphatic heterocycles. The molecule has 0 atom stereocenters. The van der Waals surface area contributed by atoms with E-state index in [0.717, 1.165) is 39.3 Å². The van der Waals surface area contributed by atoms with Crippen molar-refractivity contribution in [2.75, 3.05) is 0 Å². The fourth-order valence-corrected chi connectivity index (χ4v) is 10.1. The van der Waals surface area contributed by atoms with E-state index >= 15 is 0 Å². The van der Waals surface area contributed by atoms with Crippen LogP contribution in [0.25, 0.3) is 99.8 Å². The van der Waals surface area contributed by atoms with Crippen molar-refractivity contribution < 1.29 is 0 Å². The van der Waals surface area contributed by atoms with E-state index in [1.165, 1.54) is 65.6 Å². The summed E-state index contributed by atoms with van der Waals surface area (Å²) in [5.74, 6) is 0. The molecule has 4 heteroatoms. The lowest BCUT2D eigenvalue weighted by Gasteiger charge is -2.17. The van der Waals surface area contributed by atoms with Crippen molar-refractivity contribution >= 4 is 56.9 Å². The molecule has 60 heavy (non-hydrogen) atoms. The van der Waals surface area contributed by atoms with Crippen molar-refractivity contribution in [2.45, 2.75) is 19.6 Å². The molecule has 0 aliphatic carbocycles. The summed E-state index contributed by atoms with van der Waals surface area (Å²) in [5.41, 5.74) is 15.9. The van der Waals surface area contributed by atoms with E-state index in [1.807, 2.05) is 0 Å². The smallest absolute Gasteiger partial charge is 0.0775 e. The summed E-state index contributed by atoms with van der Waals surface area (Å²) >= 11 is 0. The molecule has 0 N–H and O–H groups in total. The van der Waals surface area contributed by atoms with Crippen molar-refractivity contribution in [1.82, 2.24) is 14.1 Å². The van der Waals surface area contributed by atoms with Gasteiger partial charge in [-0.15, -0.1) is 0 Å². The first-order valence-corrected chi connectivity index (χ1v) is 24.3. The Bertz CT molecular complexity index is 3310. The highest BCUT2D eigenvalue weighted by Gasteiger charge is 2.19. The number of nitrogens with zero attached hydrogens (tertiary/aromatic N) is 3. The number of hydrogen-bond acceptors (Lipinski definition) is 1. The highest BCUT2D eigenvalue weighted by molar-refractivity contribution is 6.88. The van der Waals surface area contributed by atoms with Crippen molar-refractivity contribution in [3.05, 3.63) is 206 Å². The standard InChI is InChI=1S/C56H43N3Si/c1-60(2,3)46-30-28-45(29-31-46)59-54-21-13-11-19-48(54)50-33-25-42(37-56(50)59)41-24-32-49-47-18-10-12-20-53(47)58(55(49)36-41)44-26-22-38(23-27-44)43-34-51(39-14-6-4-7-15-39)57-52(35-43)40-16-8-5-9-17-40/h4-37H,1-3H3. The molecule has 11 aromatic rings. The van der Waals surface area contributed by atoms with Gasteiger partial charge < -0.3 is 9.13 Å². The van der Waals surface area contributed by atoms with Gasteiger partial charge in [-0.05, 0) is 82.9 Å². The first-order valence-electron chi connectivity index (χ1n) is 20.8. The number of aromatic nitrogens is 3. The van der Waals surface area contributed by atoms with Crippen molar-refractivity contribution in [1.29, 1.82) is 0 Å². The molecule has 0 saturated carbocycles. The van der Waals surface area contributed by atoms with E-state index < -0.39 is 8.07 Å². The molecule has 0 fully saturated rings.